The summed E-state index contributed by atoms with van der Waals surface area (Å²) in [5.41, 5.74) is 3.59. The van der Waals surface area contributed by atoms with Crippen LogP contribution in [-0.2, 0) is 6.42 Å². The maximum Gasteiger partial charge on any atom is 0.171 e. The van der Waals surface area contributed by atoms with Crippen LogP contribution < -0.4 is 20.3 Å². The molecule has 1 atom stereocenters. The average Bonchev–Trinajstić information content (AvgIpc) is 2.62. The van der Waals surface area contributed by atoms with Crippen molar-refractivity contribution in [3.8, 4) is 5.75 Å². The molecule has 0 amide bonds. The van der Waals surface area contributed by atoms with Gasteiger partial charge < -0.3 is 20.3 Å². The highest BCUT2D eigenvalue weighted by molar-refractivity contribution is 7.80. The molecule has 0 bridgehead atoms. The van der Waals surface area contributed by atoms with Gasteiger partial charge in [0.15, 0.2) is 5.11 Å². The number of benzene rings is 2. The van der Waals surface area contributed by atoms with Gasteiger partial charge in [0.25, 0.3) is 0 Å². The van der Waals surface area contributed by atoms with Crippen molar-refractivity contribution in [2.45, 2.75) is 19.4 Å². The first-order valence-electron chi connectivity index (χ1n) is 8.61. The number of hydrogen-bond donors (Lipinski definition) is 3. The molecule has 5 heteroatoms. The van der Waals surface area contributed by atoms with Crippen LogP contribution in [0, 0.1) is 0 Å². The second-order valence-electron chi connectivity index (χ2n) is 6.29. The van der Waals surface area contributed by atoms with E-state index in [0.717, 1.165) is 24.4 Å². The predicted molar refractivity (Wildman–Crippen MR) is 109 cm³/mol. The second kappa shape index (κ2) is 9.39. The molecule has 4 nitrogen and oxygen atoms in total. The summed E-state index contributed by atoms with van der Waals surface area (Å²) in [4.78, 5) is 1.36. The van der Waals surface area contributed by atoms with E-state index in [2.05, 4.69) is 55.9 Å². The van der Waals surface area contributed by atoms with Gasteiger partial charge >= 0.3 is 0 Å². The quantitative estimate of drug-likeness (QED) is 0.665. The van der Waals surface area contributed by atoms with E-state index in [9.17, 15) is 0 Å². The summed E-state index contributed by atoms with van der Waals surface area (Å²) in [7, 11) is 5.99. The van der Waals surface area contributed by atoms with E-state index in [1.165, 1.54) is 16.0 Å². The first-order valence-corrected chi connectivity index (χ1v) is 9.02. The largest absolute Gasteiger partial charge is 0.497 e. The van der Waals surface area contributed by atoms with Gasteiger partial charge in [-0.2, -0.15) is 0 Å². The fourth-order valence-corrected chi connectivity index (χ4v) is 2.91. The lowest BCUT2D eigenvalue weighted by molar-refractivity contribution is -0.890. The van der Waals surface area contributed by atoms with Gasteiger partial charge in [0.2, 0.25) is 0 Å². The van der Waals surface area contributed by atoms with Crippen molar-refractivity contribution in [2.24, 2.45) is 0 Å². The minimum absolute atomic E-state index is 0.330. The minimum atomic E-state index is 0.330. The zero-order valence-corrected chi connectivity index (χ0v) is 16.2. The number of anilines is 1. The van der Waals surface area contributed by atoms with Gasteiger partial charge in [-0.15, -0.1) is 0 Å². The Morgan fingerprint density at radius 2 is 1.88 bits per heavy atom. The van der Waals surface area contributed by atoms with E-state index in [1.807, 2.05) is 24.3 Å². The van der Waals surface area contributed by atoms with Crippen LogP contribution in [0.4, 0.5) is 5.69 Å². The highest BCUT2D eigenvalue weighted by Gasteiger charge is 2.18. The Morgan fingerprint density at radius 1 is 1.16 bits per heavy atom. The summed E-state index contributed by atoms with van der Waals surface area (Å²) in [6.45, 7) is 2.94. The molecule has 2 rings (SSSR count). The highest BCUT2D eigenvalue weighted by atomic mass is 32.1. The van der Waals surface area contributed by atoms with Crippen molar-refractivity contribution in [2.75, 3.05) is 33.1 Å². The Kier molecular flexibility index (Phi) is 7.22. The molecule has 0 unspecified atom stereocenters. The first-order chi connectivity index (χ1) is 12.0. The summed E-state index contributed by atoms with van der Waals surface area (Å²) in [6.07, 6.45) is 1.06. The minimum Gasteiger partial charge on any atom is -0.497 e. The lowest BCUT2D eigenvalue weighted by atomic mass is 10.0. The van der Waals surface area contributed by atoms with E-state index < -0.39 is 0 Å². The summed E-state index contributed by atoms with van der Waals surface area (Å²) in [5, 5.41) is 7.16. The smallest absolute Gasteiger partial charge is 0.171 e. The van der Waals surface area contributed by atoms with Crippen LogP contribution in [0.15, 0.2) is 48.5 Å². The molecule has 25 heavy (non-hydrogen) atoms. The Balaban J connectivity index is 1.96. The summed E-state index contributed by atoms with van der Waals surface area (Å²) >= 11 is 5.44. The van der Waals surface area contributed by atoms with Crippen LogP contribution in [0.5, 0.6) is 5.75 Å². The third-order valence-corrected chi connectivity index (χ3v) is 4.53. The molecule has 134 valence electrons. The lowest BCUT2D eigenvalue weighted by Gasteiger charge is -2.23. The molecule has 0 saturated heterocycles. The molecule has 0 heterocycles. The molecule has 0 aliphatic heterocycles. The maximum absolute atomic E-state index is 5.44. The number of methoxy groups -OCH3 is 1. The van der Waals surface area contributed by atoms with Crippen LogP contribution in [0.2, 0.25) is 0 Å². The summed E-state index contributed by atoms with van der Waals surface area (Å²) in [5.74, 6) is 0.805. The van der Waals surface area contributed by atoms with Crippen molar-refractivity contribution >= 4 is 23.0 Å². The monoisotopic (exact) mass is 358 g/mol. The van der Waals surface area contributed by atoms with E-state index in [-0.39, 0.29) is 0 Å². The molecule has 0 saturated carbocycles. The Bertz CT molecular complexity index is 686. The van der Waals surface area contributed by atoms with Crippen LogP contribution in [0.3, 0.4) is 0 Å². The van der Waals surface area contributed by atoms with Gasteiger partial charge in [-0.25, -0.2) is 0 Å². The van der Waals surface area contributed by atoms with Gasteiger partial charge in [-0.3, -0.25) is 0 Å². The van der Waals surface area contributed by atoms with Gasteiger partial charge in [0, 0.05) is 17.3 Å². The predicted octanol–water partition coefficient (Wildman–Crippen LogP) is 2.43. The van der Waals surface area contributed by atoms with E-state index >= 15 is 0 Å². The molecule has 0 aromatic heterocycles. The zero-order chi connectivity index (χ0) is 18.2. The molecule has 0 fully saturated rings. The van der Waals surface area contributed by atoms with E-state index in [0.29, 0.717) is 11.2 Å². The topological polar surface area (TPSA) is 37.7 Å². The molecule has 2 aromatic rings. The van der Waals surface area contributed by atoms with E-state index in [4.69, 9.17) is 17.0 Å². The van der Waals surface area contributed by atoms with Gasteiger partial charge in [0.1, 0.15) is 11.8 Å². The van der Waals surface area contributed by atoms with Gasteiger partial charge in [-0.05, 0) is 36.3 Å². The highest BCUT2D eigenvalue weighted by Crippen LogP contribution is 2.16. The number of likely N-dealkylation sites (N-methyl/N-ethyl adjacent to an activating group) is 1. The second-order valence-corrected chi connectivity index (χ2v) is 6.70. The fraction of sp³-hybridized carbons (Fsp3) is 0.350. The van der Waals surface area contributed by atoms with Gasteiger partial charge in [-0.1, -0.05) is 37.3 Å². The van der Waals surface area contributed by atoms with Crippen molar-refractivity contribution in [3.05, 3.63) is 59.7 Å². The van der Waals surface area contributed by atoms with Crippen LogP contribution in [-0.4, -0.2) is 32.9 Å². The molecule has 0 radical (unpaired) electrons. The molecular weight excluding hydrogens is 330 g/mol. The third kappa shape index (κ3) is 5.73. The van der Waals surface area contributed by atoms with Crippen molar-refractivity contribution in [1.82, 2.24) is 5.32 Å². The number of aryl methyl sites for hydroxylation is 1. The van der Waals surface area contributed by atoms with Crippen molar-refractivity contribution in [3.63, 3.8) is 0 Å². The molecule has 2 aromatic carbocycles. The molecule has 0 aliphatic rings. The average molecular weight is 359 g/mol. The number of thiocarbonyl (C=S) groups is 1. The molecular formula is C20H28N3OS+. The van der Waals surface area contributed by atoms with E-state index in [1.54, 1.807) is 7.11 Å². The standard InChI is InChI=1S/C20H27N3OS/c1-5-15-9-11-16(12-10-15)19(23(2)3)14-21-20(25)22-17-7-6-8-18(13-17)24-4/h6-13,19H,5,14H2,1-4H3,(H2,21,22,25)/p+1/t19-/m1/s1. The van der Waals surface area contributed by atoms with Crippen molar-refractivity contribution < 1.29 is 9.64 Å². The third-order valence-electron chi connectivity index (χ3n) is 4.28. The Labute approximate surface area is 156 Å². The number of quaternary nitrogens is 1. The van der Waals surface area contributed by atoms with Crippen LogP contribution in [0.25, 0.3) is 0 Å². The van der Waals surface area contributed by atoms with Crippen molar-refractivity contribution in [1.29, 1.82) is 0 Å². The zero-order valence-electron chi connectivity index (χ0n) is 15.4. The lowest BCUT2D eigenvalue weighted by Crippen LogP contribution is -3.07. The summed E-state index contributed by atoms with van der Waals surface area (Å²) < 4.78 is 5.24. The number of hydrogen-bond acceptors (Lipinski definition) is 2. The normalized spacial score (nSPS) is 11.9. The van der Waals surface area contributed by atoms with Crippen LogP contribution in [0.1, 0.15) is 24.1 Å². The Hall–Kier alpha value is -2.11. The molecule has 0 spiro atoms. The first kappa shape index (κ1) is 19.2. The molecule has 0 aliphatic carbocycles. The Morgan fingerprint density at radius 3 is 2.48 bits per heavy atom. The number of ether oxygens (including phenoxy) is 1. The van der Waals surface area contributed by atoms with Crippen LogP contribution >= 0.6 is 12.2 Å². The molecule has 3 N–H and O–H groups in total. The van der Waals surface area contributed by atoms with Gasteiger partial charge in [0.05, 0.1) is 27.7 Å². The maximum atomic E-state index is 5.44. The fourth-order valence-electron chi connectivity index (χ4n) is 2.71. The SMILES string of the molecule is CCc1ccc([C@@H](CNC(=S)Nc2cccc(OC)c2)[NH+](C)C)cc1. The number of nitrogens with one attached hydrogen (secondary N) is 3. The number of rotatable bonds is 7. The summed E-state index contributed by atoms with van der Waals surface area (Å²) in [6, 6.07) is 16.9.